The monoisotopic (exact) mass is 295 g/mol. The van der Waals surface area contributed by atoms with Crippen LogP contribution in [0.15, 0.2) is 0 Å². The Bertz CT molecular complexity index is 478. The molecule has 2 saturated heterocycles. The number of methoxy groups -OCH3 is 1. The van der Waals surface area contributed by atoms with E-state index in [-0.39, 0.29) is 0 Å². The molecule has 3 rings (SSSR count). The predicted octanol–water partition coefficient (Wildman–Crippen LogP) is -1.11. The molecule has 6 atom stereocenters. The van der Waals surface area contributed by atoms with E-state index in [1.54, 1.807) is 13.8 Å². The van der Waals surface area contributed by atoms with Gasteiger partial charge in [-0.15, -0.1) is 0 Å². The third kappa shape index (κ3) is 2.09. The van der Waals surface area contributed by atoms with Gasteiger partial charge in [0.2, 0.25) is 0 Å². The van der Waals surface area contributed by atoms with E-state index < -0.39 is 52.7 Å². The summed E-state index contributed by atoms with van der Waals surface area (Å²) in [4.78, 5) is 0. The Balaban J connectivity index is 1.95. The second kappa shape index (κ2) is 4.10. The molecular weight excluding hydrogens is 278 g/mol. The van der Waals surface area contributed by atoms with Gasteiger partial charge in [0, 0.05) is 7.11 Å². The lowest BCUT2D eigenvalue weighted by molar-refractivity contribution is -0.162. The highest BCUT2D eigenvalue weighted by Gasteiger charge is 2.62. The van der Waals surface area contributed by atoms with Gasteiger partial charge in [0.25, 0.3) is 0 Å². The van der Waals surface area contributed by atoms with Crippen molar-refractivity contribution in [3.8, 4) is 0 Å². The van der Waals surface area contributed by atoms with Crippen molar-refractivity contribution in [2.24, 2.45) is 5.73 Å². The first-order valence-electron chi connectivity index (χ1n) is 6.00. The minimum Gasteiger partial charge on any atom is -0.376 e. The zero-order valence-electron chi connectivity index (χ0n) is 10.8. The molecule has 2 N–H and O–H groups in total. The zero-order valence-corrected chi connectivity index (χ0v) is 11.6. The molecule has 19 heavy (non-hydrogen) atoms. The van der Waals surface area contributed by atoms with E-state index in [1.165, 1.54) is 7.11 Å². The first kappa shape index (κ1) is 13.7. The Kier molecular flexibility index (Phi) is 2.96. The molecule has 0 amide bonds. The fourth-order valence-electron chi connectivity index (χ4n) is 2.94. The quantitative estimate of drug-likeness (QED) is 0.649. The van der Waals surface area contributed by atoms with Crippen LogP contribution < -0.4 is 5.73 Å². The Morgan fingerprint density at radius 1 is 1.05 bits per heavy atom. The molecule has 9 heteroatoms. The summed E-state index contributed by atoms with van der Waals surface area (Å²) in [6, 6.07) is -0.666. The van der Waals surface area contributed by atoms with E-state index in [1.807, 2.05) is 0 Å². The molecule has 3 fully saturated rings. The molecule has 0 bridgehead atoms. The summed E-state index contributed by atoms with van der Waals surface area (Å²) in [6.45, 7) is 3.53. The molecule has 110 valence electrons. The zero-order chi connectivity index (χ0) is 14.0. The van der Waals surface area contributed by atoms with E-state index in [2.05, 4.69) is 0 Å². The average Bonchev–Trinajstić information content (AvgIpc) is 2.76. The van der Waals surface area contributed by atoms with E-state index >= 15 is 0 Å². The van der Waals surface area contributed by atoms with Crippen molar-refractivity contribution in [3.05, 3.63) is 0 Å². The minimum absolute atomic E-state index is 0.492. The van der Waals surface area contributed by atoms with Gasteiger partial charge in [-0.2, -0.15) is 8.42 Å². The van der Waals surface area contributed by atoms with Crippen LogP contribution >= 0.6 is 0 Å². The molecule has 0 spiro atoms. The normalized spacial score (nSPS) is 50.7. The van der Waals surface area contributed by atoms with Crippen molar-refractivity contribution in [2.75, 3.05) is 7.11 Å². The lowest BCUT2D eigenvalue weighted by Gasteiger charge is -2.39. The molecule has 2 aliphatic heterocycles. The molecule has 0 unspecified atom stereocenters. The lowest BCUT2D eigenvalue weighted by Crippen LogP contribution is -2.64. The molecule has 8 nitrogen and oxygen atoms in total. The van der Waals surface area contributed by atoms with E-state index in [0.29, 0.717) is 0 Å². The van der Waals surface area contributed by atoms with Crippen molar-refractivity contribution >= 4 is 10.4 Å². The largest absolute Gasteiger partial charge is 0.400 e. The maximum Gasteiger partial charge on any atom is 0.400 e. The molecule has 0 aromatic heterocycles. The van der Waals surface area contributed by atoms with Gasteiger partial charge >= 0.3 is 10.4 Å². The summed E-state index contributed by atoms with van der Waals surface area (Å²) >= 11 is 0. The Labute approximate surface area is 111 Å². The Hall–Kier alpha value is -0.290. The first-order chi connectivity index (χ1) is 8.74. The van der Waals surface area contributed by atoms with Gasteiger partial charge < -0.3 is 19.9 Å². The number of hydrogen-bond donors (Lipinski definition) is 1. The van der Waals surface area contributed by atoms with Gasteiger partial charge in [-0.1, -0.05) is 0 Å². The Morgan fingerprint density at radius 2 is 1.63 bits per heavy atom. The number of rotatable bonds is 1. The SMILES string of the molecule is CO[C@@H]1[C@H]2OC(C)(C)O[C@H]2[C@H](N)[C@@H]2OS(=O)(=O)O[C@@H]12. The van der Waals surface area contributed by atoms with Gasteiger partial charge in [0.05, 0.1) is 6.04 Å². The number of hydrogen-bond acceptors (Lipinski definition) is 8. The van der Waals surface area contributed by atoms with Crippen molar-refractivity contribution < 1.29 is 31.0 Å². The highest BCUT2D eigenvalue weighted by atomic mass is 32.3. The first-order valence-corrected chi connectivity index (χ1v) is 7.33. The molecule has 0 radical (unpaired) electrons. The topological polar surface area (TPSA) is 106 Å². The lowest BCUT2D eigenvalue weighted by atomic mass is 9.83. The summed E-state index contributed by atoms with van der Waals surface area (Å²) in [6.07, 6.45) is -3.25. The third-order valence-corrected chi connectivity index (χ3v) is 4.54. The number of ether oxygens (including phenoxy) is 3. The van der Waals surface area contributed by atoms with Gasteiger partial charge in [-0.05, 0) is 13.8 Å². The molecule has 0 aromatic rings. The molecule has 3 aliphatic rings. The van der Waals surface area contributed by atoms with Crippen LogP contribution in [0.3, 0.4) is 0 Å². The highest BCUT2D eigenvalue weighted by Crippen LogP contribution is 2.42. The number of nitrogens with two attached hydrogens (primary N) is 1. The van der Waals surface area contributed by atoms with Crippen molar-refractivity contribution in [1.29, 1.82) is 0 Å². The molecule has 0 aromatic carbocycles. The van der Waals surface area contributed by atoms with E-state index in [4.69, 9.17) is 28.3 Å². The molecule has 2 heterocycles. The smallest absolute Gasteiger partial charge is 0.376 e. The fraction of sp³-hybridized carbons (Fsp3) is 1.00. The highest BCUT2D eigenvalue weighted by molar-refractivity contribution is 7.82. The van der Waals surface area contributed by atoms with Gasteiger partial charge in [0.1, 0.15) is 30.5 Å². The summed E-state index contributed by atoms with van der Waals surface area (Å²) in [5, 5.41) is 0. The maximum absolute atomic E-state index is 11.4. The Morgan fingerprint density at radius 3 is 2.26 bits per heavy atom. The summed E-state index contributed by atoms with van der Waals surface area (Å²) in [5.41, 5.74) is 6.03. The molecule has 1 saturated carbocycles. The predicted molar refractivity (Wildman–Crippen MR) is 61.3 cm³/mol. The third-order valence-electron chi connectivity index (χ3n) is 3.62. The average molecular weight is 295 g/mol. The van der Waals surface area contributed by atoms with Gasteiger partial charge in [-0.25, -0.2) is 8.37 Å². The van der Waals surface area contributed by atoms with E-state index in [0.717, 1.165) is 0 Å². The summed E-state index contributed by atoms with van der Waals surface area (Å²) in [5.74, 6) is -0.804. The molecular formula is C10H17NO7S. The minimum atomic E-state index is -4.04. The second-order valence-electron chi connectivity index (χ2n) is 5.37. The van der Waals surface area contributed by atoms with Crippen molar-refractivity contribution in [1.82, 2.24) is 0 Å². The van der Waals surface area contributed by atoms with Crippen LogP contribution in [0.25, 0.3) is 0 Å². The van der Waals surface area contributed by atoms with Crippen molar-refractivity contribution in [3.63, 3.8) is 0 Å². The summed E-state index contributed by atoms with van der Waals surface area (Å²) in [7, 11) is -2.58. The second-order valence-corrected chi connectivity index (χ2v) is 6.57. The van der Waals surface area contributed by atoms with Crippen LogP contribution in [0.1, 0.15) is 13.8 Å². The number of fused-ring (bicyclic) bond motifs is 2. The maximum atomic E-state index is 11.4. The standard InChI is InChI=1S/C10H17NO7S/c1-10(2)15-5-4(11)6-9(18-19(12,13)17-6)7(14-3)8(5)16-10/h4-9H,11H2,1-3H3/t4-,5-,6-,7+,8-,9+/m0/s1. The van der Waals surface area contributed by atoms with Crippen LogP contribution in [0, 0.1) is 0 Å². The molecule has 1 aliphatic carbocycles. The summed E-state index contributed by atoms with van der Waals surface area (Å²) < 4.78 is 49.4. The fourth-order valence-corrected chi connectivity index (χ4v) is 3.99. The van der Waals surface area contributed by atoms with Crippen molar-refractivity contribution in [2.45, 2.75) is 56.2 Å². The van der Waals surface area contributed by atoms with Crippen LogP contribution in [-0.4, -0.2) is 57.9 Å². The van der Waals surface area contributed by atoms with E-state index in [9.17, 15) is 8.42 Å². The van der Waals surface area contributed by atoms with Crippen LogP contribution in [-0.2, 0) is 33.0 Å². The van der Waals surface area contributed by atoms with Gasteiger partial charge in [-0.3, -0.25) is 0 Å². The van der Waals surface area contributed by atoms with Crippen LogP contribution in [0.5, 0.6) is 0 Å². The van der Waals surface area contributed by atoms with Gasteiger partial charge in [0.15, 0.2) is 5.79 Å². The van der Waals surface area contributed by atoms with Crippen LogP contribution in [0.2, 0.25) is 0 Å². The van der Waals surface area contributed by atoms with Crippen LogP contribution in [0.4, 0.5) is 0 Å².